The van der Waals surface area contributed by atoms with Crippen LogP contribution >= 0.6 is 0 Å². The van der Waals surface area contributed by atoms with E-state index in [1.807, 2.05) is 5.32 Å². The van der Waals surface area contributed by atoms with E-state index in [0.29, 0.717) is 11.5 Å². The third-order valence-electron chi connectivity index (χ3n) is 4.21. The van der Waals surface area contributed by atoms with Gasteiger partial charge in [0.25, 0.3) is 11.8 Å². The lowest BCUT2D eigenvalue weighted by molar-refractivity contribution is 0.0256. The van der Waals surface area contributed by atoms with E-state index in [4.69, 9.17) is 0 Å². The Morgan fingerprint density at radius 3 is 2.47 bits per heavy atom. The minimum Gasteiger partial charge on any atom is -0.453 e. The summed E-state index contributed by atoms with van der Waals surface area (Å²) in [5.74, 6) is -3.38. The monoisotopic (exact) mass is 421 g/mol. The lowest BCUT2D eigenvalue weighted by Gasteiger charge is -2.16. The molecule has 0 unspecified atom stereocenters. The number of aromatic nitrogens is 3. The number of amides is 2. The summed E-state index contributed by atoms with van der Waals surface area (Å²) < 4.78 is 44.1. The second-order valence-electron chi connectivity index (χ2n) is 6.37. The van der Waals surface area contributed by atoms with Crippen LogP contribution in [0.3, 0.4) is 0 Å². The molecule has 0 atom stereocenters. The van der Waals surface area contributed by atoms with Crippen LogP contribution in [0, 0.1) is 5.82 Å². The zero-order valence-electron chi connectivity index (χ0n) is 15.9. The second-order valence-corrected chi connectivity index (χ2v) is 6.37. The molecule has 0 aliphatic carbocycles. The molecule has 1 saturated heterocycles. The Hall–Kier alpha value is -3.63. The van der Waals surface area contributed by atoms with Crippen molar-refractivity contribution in [2.24, 2.45) is 0 Å². The van der Waals surface area contributed by atoms with Gasteiger partial charge in [0.1, 0.15) is 11.6 Å². The maximum absolute atomic E-state index is 13.3. The Morgan fingerprint density at radius 2 is 1.90 bits per heavy atom. The highest BCUT2D eigenvalue weighted by Crippen LogP contribution is 2.29. The molecule has 3 aromatic rings. The largest absolute Gasteiger partial charge is 0.453 e. The molecule has 0 saturated carbocycles. The molecule has 3 heterocycles. The van der Waals surface area contributed by atoms with Crippen LogP contribution in [0.2, 0.25) is 0 Å². The highest BCUT2D eigenvalue weighted by atomic mass is 19.3. The molecule has 8 nitrogen and oxygen atoms in total. The van der Waals surface area contributed by atoms with Crippen LogP contribution < -0.4 is 10.2 Å². The number of fused-ring (bicyclic) bond motifs is 1. The fraction of sp³-hybridized carbons (Fsp3) is 0.263. The second kappa shape index (κ2) is 8.80. The van der Waals surface area contributed by atoms with Crippen LogP contribution in [0.15, 0.2) is 48.7 Å². The molecule has 30 heavy (non-hydrogen) atoms. The number of alkyl carbamates (subject to hydrolysis) is 1. The summed E-state index contributed by atoms with van der Waals surface area (Å²) in [5, 5.41) is 6.16. The fourth-order valence-electron chi connectivity index (χ4n) is 2.74. The molecule has 1 N–H and O–H groups in total. The molecule has 1 aliphatic heterocycles. The highest BCUT2D eigenvalue weighted by molar-refractivity contribution is 6.02. The summed E-state index contributed by atoms with van der Waals surface area (Å²) in [6.45, 7) is -0.256. The van der Waals surface area contributed by atoms with Crippen molar-refractivity contribution in [2.75, 3.05) is 25.1 Å². The number of anilines is 1. The van der Waals surface area contributed by atoms with Gasteiger partial charge in [-0.3, -0.25) is 10.1 Å². The molecule has 0 spiro atoms. The van der Waals surface area contributed by atoms with Crippen molar-refractivity contribution in [1.29, 1.82) is 0 Å². The summed E-state index contributed by atoms with van der Waals surface area (Å²) in [6, 6.07) is 11.1. The summed E-state index contributed by atoms with van der Waals surface area (Å²) in [5.41, 5.74) is 0.355. The first-order valence-electron chi connectivity index (χ1n) is 8.86. The number of rotatable bonds is 2. The average molecular weight is 421 g/mol. The van der Waals surface area contributed by atoms with Gasteiger partial charge < -0.3 is 9.64 Å². The number of nitrogens with zero attached hydrogens (tertiary/aromatic N) is 4. The van der Waals surface area contributed by atoms with Crippen molar-refractivity contribution < 1.29 is 27.5 Å². The van der Waals surface area contributed by atoms with Crippen LogP contribution in [-0.4, -0.2) is 52.7 Å². The highest BCUT2D eigenvalue weighted by Gasteiger charge is 2.39. The first kappa shape index (κ1) is 21.1. The smallest absolute Gasteiger partial charge is 0.413 e. The maximum Gasteiger partial charge on any atom is 0.413 e. The number of methoxy groups -OCH3 is 1. The predicted molar refractivity (Wildman–Crippen MR) is 101 cm³/mol. The van der Waals surface area contributed by atoms with Gasteiger partial charge in [0, 0.05) is 13.0 Å². The maximum atomic E-state index is 13.3. The van der Waals surface area contributed by atoms with E-state index in [0.717, 1.165) is 7.11 Å². The molecule has 0 bridgehead atoms. The van der Waals surface area contributed by atoms with Crippen molar-refractivity contribution in [1.82, 2.24) is 19.9 Å². The Morgan fingerprint density at radius 1 is 1.17 bits per heavy atom. The number of alkyl halides is 2. The SMILES string of the molecule is COC(=O)NC(=O)c1cnc2ccc(N3CCC(F)(F)C3)nn12.Fc1ccccc1. The normalized spacial score (nSPS) is 14.7. The van der Waals surface area contributed by atoms with Gasteiger partial charge in [-0.15, -0.1) is 5.10 Å². The van der Waals surface area contributed by atoms with E-state index in [9.17, 15) is 22.8 Å². The minimum atomic E-state index is -2.75. The van der Waals surface area contributed by atoms with Gasteiger partial charge in [-0.2, -0.15) is 0 Å². The summed E-state index contributed by atoms with van der Waals surface area (Å²) >= 11 is 0. The van der Waals surface area contributed by atoms with E-state index in [1.165, 1.54) is 27.7 Å². The molecule has 158 valence electrons. The van der Waals surface area contributed by atoms with Crippen LogP contribution in [0.4, 0.5) is 23.8 Å². The lowest BCUT2D eigenvalue weighted by Crippen LogP contribution is -2.31. The number of imidazole rings is 1. The number of nitrogens with one attached hydrogen (secondary N) is 1. The predicted octanol–water partition coefficient (Wildman–Crippen LogP) is 2.90. The van der Waals surface area contributed by atoms with E-state index < -0.39 is 24.5 Å². The Bertz CT molecular complexity index is 1040. The molecule has 2 aromatic heterocycles. The number of imide groups is 1. The van der Waals surface area contributed by atoms with Gasteiger partial charge in [-0.1, -0.05) is 18.2 Å². The Labute approximate surface area is 169 Å². The molecule has 1 aliphatic rings. The van der Waals surface area contributed by atoms with Crippen molar-refractivity contribution in [2.45, 2.75) is 12.3 Å². The third kappa shape index (κ3) is 5.04. The van der Waals surface area contributed by atoms with Crippen molar-refractivity contribution >= 4 is 23.5 Å². The number of halogens is 3. The fourth-order valence-corrected chi connectivity index (χ4v) is 2.74. The van der Waals surface area contributed by atoms with Gasteiger partial charge in [0.05, 0.1) is 19.9 Å². The van der Waals surface area contributed by atoms with Crippen molar-refractivity contribution in [3.8, 4) is 0 Å². The van der Waals surface area contributed by atoms with Gasteiger partial charge in [0.15, 0.2) is 11.3 Å². The van der Waals surface area contributed by atoms with E-state index in [1.54, 1.807) is 30.3 Å². The van der Waals surface area contributed by atoms with Crippen LogP contribution in [0.5, 0.6) is 0 Å². The van der Waals surface area contributed by atoms with Gasteiger partial charge in [-0.25, -0.2) is 27.5 Å². The topological polar surface area (TPSA) is 88.8 Å². The number of carbonyl (C=O) groups is 2. The van der Waals surface area contributed by atoms with Crippen molar-refractivity contribution in [3.05, 3.63) is 60.2 Å². The number of hydrogen-bond acceptors (Lipinski definition) is 6. The number of carbonyl (C=O) groups excluding carboxylic acids is 2. The number of benzene rings is 1. The van der Waals surface area contributed by atoms with E-state index in [2.05, 4.69) is 14.8 Å². The average Bonchev–Trinajstić information content (AvgIpc) is 3.31. The van der Waals surface area contributed by atoms with Gasteiger partial charge >= 0.3 is 6.09 Å². The third-order valence-corrected chi connectivity index (χ3v) is 4.21. The molecule has 4 rings (SSSR count). The Kier molecular flexibility index (Phi) is 6.19. The van der Waals surface area contributed by atoms with Crippen LogP contribution in [0.1, 0.15) is 16.9 Å². The van der Waals surface area contributed by atoms with Gasteiger partial charge in [-0.05, 0) is 24.3 Å². The standard InChI is InChI=1S/C13H13F2N5O3.C6H5F/c1-23-12(22)17-11(21)8-6-16-9-2-3-10(18-20(8)9)19-5-4-13(14,15)7-19;7-6-4-2-1-3-5-6/h2-3,6H,4-5,7H2,1H3,(H,17,21,22);1-5H. The summed E-state index contributed by atoms with van der Waals surface area (Å²) in [6.07, 6.45) is 0.0789. The zero-order chi connectivity index (χ0) is 21.7. The van der Waals surface area contributed by atoms with Gasteiger partial charge in [0.2, 0.25) is 0 Å². The first-order valence-corrected chi connectivity index (χ1v) is 8.86. The summed E-state index contributed by atoms with van der Waals surface area (Å²) in [7, 11) is 1.13. The van der Waals surface area contributed by atoms with Crippen LogP contribution in [0.25, 0.3) is 5.65 Å². The number of hydrogen-bond donors (Lipinski definition) is 1. The molecule has 1 aromatic carbocycles. The molecular formula is C19H18F3N5O3. The van der Waals surface area contributed by atoms with Crippen LogP contribution in [-0.2, 0) is 4.74 Å². The molecule has 0 radical (unpaired) electrons. The molecule has 1 fully saturated rings. The Balaban J connectivity index is 0.000000310. The quantitative estimate of drug-likeness (QED) is 0.685. The minimum absolute atomic E-state index is 0.00166. The van der Waals surface area contributed by atoms with E-state index in [-0.39, 0.29) is 24.5 Å². The summed E-state index contributed by atoms with van der Waals surface area (Å²) in [4.78, 5) is 28.5. The first-order chi connectivity index (χ1) is 14.3. The molecule has 11 heteroatoms. The molecule has 2 amide bonds. The van der Waals surface area contributed by atoms with E-state index >= 15 is 0 Å². The lowest BCUT2D eigenvalue weighted by atomic mass is 10.3. The van der Waals surface area contributed by atoms with Crippen molar-refractivity contribution in [3.63, 3.8) is 0 Å². The number of ether oxygens (including phenoxy) is 1. The zero-order valence-corrected chi connectivity index (χ0v) is 15.9. The molecular weight excluding hydrogens is 403 g/mol.